The van der Waals surface area contributed by atoms with Gasteiger partial charge in [-0.1, -0.05) is 60.7 Å². The van der Waals surface area contributed by atoms with E-state index in [0.29, 0.717) is 0 Å². The highest BCUT2D eigenvalue weighted by Gasteiger charge is 2.22. The summed E-state index contributed by atoms with van der Waals surface area (Å²) in [5.41, 5.74) is 12.8. The smallest absolute Gasteiger partial charge is 0.220 e. The molecule has 0 radical (unpaired) electrons. The molecule has 0 fully saturated rings. The molecule has 0 spiro atoms. The maximum atomic E-state index is 6.28. The third-order valence-corrected chi connectivity index (χ3v) is 7.54. The van der Waals surface area contributed by atoms with Crippen LogP contribution in [0.1, 0.15) is 6.92 Å². The minimum atomic E-state index is 0. The van der Waals surface area contributed by atoms with Gasteiger partial charge in [0.25, 0.3) is 0 Å². The zero-order valence-corrected chi connectivity index (χ0v) is 23.2. The van der Waals surface area contributed by atoms with Crippen molar-refractivity contribution in [3.8, 4) is 11.3 Å². The first kappa shape index (κ1) is 24.9. The minimum absolute atomic E-state index is 0. The van der Waals surface area contributed by atoms with Gasteiger partial charge in [-0.05, 0) is 77.7 Å². The number of rotatable bonds is 4. The maximum absolute atomic E-state index is 6.28. The molecule has 3 N–H and O–H groups in total. The molecule has 0 aliphatic carbocycles. The molecule has 0 aliphatic heterocycles. The molecule has 1 aromatic heterocycles. The first-order valence-corrected chi connectivity index (χ1v) is 13.1. The van der Waals surface area contributed by atoms with E-state index in [9.17, 15) is 0 Å². The summed E-state index contributed by atoms with van der Waals surface area (Å²) in [6, 6.07) is 43.1. The molecule has 7 aromatic rings. The number of benzene rings is 6. The lowest BCUT2D eigenvalue weighted by Gasteiger charge is -2.14. The average molecular weight is 571 g/mol. The Labute approximate surface area is 238 Å². The van der Waals surface area contributed by atoms with Crippen molar-refractivity contribution >= 4 is 60.3 Å². The van der Waals surface area contributed by atoms with Crippen LogP contribution in [-0.2, 0) is 6.54 Å². The van der Waals surface area contributed by atoms with Crippen LogP contribution in [0.2, 0.25) is 0 Å². The summed E-state index contributed by atoms with van der Waals surface area (Å²) in [7, 11) is 0. The molecule has 0 unspecified atom stereocenters. The Hall–Kier alpha value is -4.41. The van der Waals surface area contributed by atoms with Gasteiger partial charge in [0.1, 0.15) is 6.54 Å². The largest absolute Gasteiger partial charge is 1.00 e. The lowest BCUT2D eigenvalue weighted by molar-refractivity contribution is -0.655. The van der Waals surface area contributed by atoms with Crippen molar-refractivity contribution < 1.29 is 21.5 Å². The molecule has 39 heavy (non-hydrogen) atoms. The Morgan fingerprint density at radius 3 is 2.13 bits per heavy atom. The highest BCUT2D eigenvalue weighted by molar-refractivity contribution is 6.10. The molecule has 1 heterocycles. The second-order valence-electron chi connectivity index (χ2n) is 9.85. The first-order chi connectivity index (χ1) is 18.7. The standard InChI is InChI=1S/C35H27N3.BrH/c1-2-38-34-22-28(37-33-14-8-13-26-19-24-11-6-7-12-25(24)20-31(26)33)16-18-30(34)29-17-15-27(36)21-32(29)35(38)23-9-4-3-5-10-23;/h3-22H,2,36H2,1H3;1H. The van der Waals surface area contributed by atoms with Crippen LogP contribution in [0.4, 0.5) is 17.1 Å². The Kier molecular flexibility index (Phi) is 6.41. The van der Waals surface area contributed by atoms with E-state index in [1.807, 2.05) is 6.07 Å². The van der Waals surface area contributed by atoms with Crippen LogP contribution in [0.3, 0.4) is 0 Å². The van der Waals surface area contributed by atoms with E-state index in [1.54, 1.807) is 0 Å². The number of nitrogens with zero attached hydrogens (tertiary/aromatic N) is 1. The molecule has 0 atom stereocenters. The summed E-state index contributed by atoms with van der Waals surface area (Å²) < 4.78 is 2.41. The number of pyridine rings is 1. The van der Waals surface area contributed by atoms with Gasteiger partial charge in [0.2, 0.25) is 11.2 Å². The number of halogens is 1. The second-order valence-corrected chi connectivity index (χ2v) is 9.85. The van der Waals surface area contributed by atoms with Gasteiger partial charge in [0.05, 0.1) is 10.8 Å². The molecule has 6 aromatic carbocycles. The van der Waals surface area contributed by atoms with Crippen LogP contribution >= 0.6 is 0 Å². The molecule has 0 saturated carbocycles. The van der Waals surface area contributed by atoms with Crippen LogP contribution in [0.5, 0.6) is 0 Å². The van der Waals surface area contributed by atoms with Crippen LogP contribution in [-0.4, -0.2) is 0 Å². The number of anilines is 3. The van der Waals surface area contributed by atoms with Crippen LogP contribution in [0.15, 0.2) is 121 Å². The van der Waals surface area contributed by atoms with E-state index < -0.39 is 0 Å². The summed E-state index contributed by atoms with van der Waals surface area (Å²) >= 11 is 0. The Morgan fingerprint density at radius 2 is 1.33 bits per heavy atom. The Morgan fingerprint density at radius 1 is 0.615 bits per heavy atom. The van der Waals surface area contributed by atoms with Crippen molar-refractivity contribution in [1.82, 2.24) is 0 Å². The molecule has 7 rings (SSSR count). The van der Waals surface area contributed by atoms with Crippen molar-refractivity contribution in [2.75, 3.05) is 11.1 Å². The fraction of sp³-hybridized carbons (Fsp3) is 0.0571. The average Bonchev–Trinajstić information content (AvgIpc) is 2.96. The summed E-state index contributed by atoms with van der Waals surface area (Å²) in [6.45, 7) is 3.05. The Balaban J connectivity index is 0.00000277. The highest BCUT2D eigenvalue weighted by atomic mass is 79.9. The van der Waals surface area contributed by atoms with E-state index in [2.05, 4.69) is 132 Å². The molecule has 4 heteroatoms. The van der Waals surface area contributed by atoms with Gasteiger partial charge < -0.3 is 28.0 Å². The SMILES string of the molecule is CC[n+]1c(-c2ccccc2)c2cc(N)ccc2c2ccc(Nc3cccc4cc5ccccc5cc34)cc21.[Br-]. The molecule has 3 nitrogen and oxygen atoms in total. The number of nitrogen functional groups attached to an aromatic ring is 1. The van der Waals surface area contributed by atoms with Crippen molar-refractivity contribution in [1.29, 1.82) is 0 Å². The van der Waals surface area contributed by atoms with Crippen LogP contribution < -0.4 is 32.6 Å². The van der Waals surface area contributed by atoms with E-state index in [-0.39, 0.29) is 17.0 Å². The quantitative estimate of drug-likeness (QED) is 0.125. The van der Waals surface area contributed by atoms with Gasteiger partial charge in [-0.25, -0.2) is 0 Å². The monoisotopic (exact) mass is 569 g/mol. The predicted octanol–water partition coefficient (Wildman–Crippen LogP) is 5.60. The summed E-state index contributed by atoms with van der Waals surface area (Å²) in [4.78, 5) is 0. The zero-order valence-electron chi connectivity index (χ0n) is 21.7. The van der Waals surface area contributed by atoms with Gasteiger partial charge in [0.15, 0.2) is 0 Å². The number of aromatic nitrogens is 1. The minimum Gasteiger partial charge on any atom is -1.00 e. The molecular weight excluding hydrogens is 542 g/mol. The van der Waals surface area contributed by atoms with E-state index in [4.69, 9.17) is 5.73 Å². The fourth-order valence-electron chi connectivity index (χ4n) is 5.79. The first-order valence-electron chi connectivity index (χ1n) is 13.1. The lowest BCUT2D eigenvalue weighted by Crippen LogP contribution is -3.00. The van der Waals surface area contributed by atoms with E-state index >= 15 is 0 Å². The molecule has 0 bridgehead atoms. The number of hydrogen-bond acceptors (Lipinski definition) is 2. The maximum Gasteiger partial charge on any atom is 0.220 e. The van der Waals surface area contributed by atoms with Crippen LogP contribution in [0.25, 0.3) is 54.5 Å². The number of aryl methyl sites for hydroxylation is 1. The second kappa shape index (κ2) is 10.0. The van der Waals surface area contributed by atoms with Crippen molar-refractivity contribution in [3.05, 3.63) is 121 Å². The van der Waals surface area contributed by atoms with Gasteiger partial charge in [-0.2, -0.15) is 4.57 Å². The van der Waals surface area contributed by atoms with Gasteiger partial charge in [0, 0.05) is 39.5 Å². The molecular formula is C35H28BrN3. The van der Waals surface area contributed by atoms with Crippen molar-refractivity contribution in [3.63, 3.8) is 0 Å². The number of nitrogens with one attached hydrogen (secondary N) is 1. The third-order valence-electron chi connectivity index (χ3n) is 7.54. The highest BCUT2D eigenvalue weighted by Crippen LogP contribution is 2.35. The van der Waals surface area contributed by atoms with Gasteiger partial charge in [-0.15, -0.1) is 0 Å². The number of fused-ring (bicyclic) bond motifs is 5. The summed E-state index contributed by atoms with van der Waals surface area (Å²) in [6.07, 6.45) is 0. The molecule has 0 amide bonds. The van der Waals surface area contributed by atoms with Crippen molar-refractivity contribution in [2.45, 2.75) is 13.5 Å². The third kappa shape index (κ3) is 4.27. The number of hydrogen-bond donors (Lipinski definition) is 2. The van der Waals surface area contributed by atoms with Crippen molar-refractivity contribution in [2.24, 2.45) is 0 Å². The summed E-state index contributed by atoms with van der Waals surface area (Å²) in [5, 5.41) is 12.3. The van der Waals surface area contributed by atoms with E-state index in [0.717, 1.165) is 23.6 Å². The molecule has 0 saturated heterocycles. The zero-order chi connectivity index (χ0) is 25.6. The Bertz CT molecular complexity index is 2000. The number of nitrogens with two attached hydrogens (primary N) is 1. The lowest BCUT2D eigenvalue weighted by atomic mass is 9.98. The van der Waals surface area contributed by atoms with Gasteiger partial charge in [-0.3, -0.25) is 0 Å². The predicted molar refractivity (Wildman–Crippen MR) is 162 cm³/mol. The fourth-order valence-corrected chi connectivity index (χ4v) is 5.79. The molecule has 190 valence electrons. The van der Waals surface area contributed by atoms with Gasteiger partial charge >= 0.3 is 0 Å². The van der Waals surface area contributed by atoms with E-state index in [1.165, 1.54) is 54.5 Å². The molecule has 0 aliphatic rings. The normalized spacial score (nSPS) is 11.2. The summed E-state index contributed by atoms with van der Waals surface area (Å²) in [5.74, 6) is 0. The topological polar surface area (TPSA) is 41.9 Å². The van der Waals surface area contributed by atoms with Crippen LogP contribution in [0, 0.1) is 0 Å².